The van der Waals surface area contributed by atoms with E-state index in [0.717, 1.165) is 29.7 Å². The van der Waals surface area contributed by atoms with Gasteiger partial charge in [-0.1, -0.05) is 31.5 Å². The number of rotatable bonds is 5. The third kappa shape index (κ3) is 3.03. The van der Waals surface area contributed by atoms with Crippen LogP contribution in [0.1, 0.15) is 26.1 Å². The Hall–Kier alpha value is -1.06. The number of hydrogen-bond acceptors (Lipinski definition) is 2. The SMILES string of the molecule is CC(C)CC(CN)Cc1nc2c(Cl)cccc2[nH]1. The van der Waals surface area contributed by atoms with Gasteiger partial charge in [0.25, 0.3) is 0 Å². The number of halogens is 1. The number of aromatic nitrogens is 2. The van der Waals surface area contributed by atoms with E-state index >= 15 is 0 Å². The molecule has 0 aliphatic rings. The summed E-state index contributed by atoms with van der Waals surface area (Å²) in [6.07, 6.45) is 2.01. The Morgan fingerprint density at radius 2 is 2.17 bits per heavy atom. The molecule has 1 unspecified atom stereocenters. The van der Waals surface area contributed by atoms with Gasteiger partial charge in [0.2, 0.25) is 0 Å². The van der Waals surface area contributed by atoms with E-state index in [1.54, 1.807) is 0 Å². The lowest BCUT2D eigenvalue weighted by Crippen LogP contribution is -2.19. The zero-order valence-electron chi connectivity index (χ0n) is 10.9. The van der Waals surface area contributed by atoms with E-state index in [4.69, 9.17) is 17.3 Å². The van der Waals surface area contributed by atoms with Crippen molar-refractivity contribution >= 4 is 22.6 Å². The van der Waals surface area contributed by atoms with Crippen LogP contribution in [0.4, 0.5) is 0 Å². The first-order chi connectivity index (χ1) is 8.60. The van der Waals surface area contributed by atoms with E-state index in [0.29, 0.717) is 23.4 Å². The van der Waals surface area contributed by atoms with Crippen molar-refractivity contribution in [2.45, 2.75) is 26.7 Å². The van der Waals surface area contributed by atoms with Crippen LogP contribution in [0, 0.1) is 11.8 Å². The summed E-state index contributed by atoms with van der Waals surface area (Å²) < 4.78 is 0. The first kappa shape index (κ1) is 13.4. The van der Waals surface area contributed by atoms with Crippen LogP contribution in [-0.2, 0) is 6.42 Å². The maximum Gasteiger partial charge on any atom is 0.107 e. The van der Waals surface area contributed by atoms with Crippen LogP contribution in [0.25, 0.3) is 11.0 Å². The Labute approximate surface area is 113 Å². The molecule has 0 saturated carbocycles. The fourth-order valence-corrected chi connectivity index (χ4v) is 2.56. The van der Waals surface area contributed by atoms with Gasteiger partial charge >= 0.3 is 0 Å². The number of fused-ring (bicyclic) bond motifs is 1. The molecule has 0 radical (unpaired) electrons. The second-order valence-corrected chi connectivity index (χ2v) is 5.66. The summed E-state index contributed by atoms with van der Waals surface area (Å²) in [6, 6.07) is 5.79. The van der Waals surface area contributed by atoms with Gasteiger partial charge in [-0.15, -0.1) is 0 Å². The average molecular weight is 266 g/mol. The monoisotopic (exact) mass is 265 g/mol. The van der Waals surface area contributed by atoms with Crippen molar-refractivity contribution in [1.29, 1.82) is 0 Å². The number of H-pyrrole nitrogens is 1. The molecule has 1 heterocycles. The first-order valence-corrected chi connectivity index (χ1v) is 6.81. The number of benzene rings is 1. The summed E-state index contributed by atoms with van der Waals surface area (Å²) in [5, 5.41) is 0.697. The highest BCUT2D eigenvalue weighted by molar-refractivity contribution is 6.34. The average Bonchev–Trinajstić information content (AvgIpc) is 2.71. The van der Waals surface area contributed by atoms with Crippen LogP contribution in [0.2, 0.25) is 5.02 Å². The van der Waals surface area contributed by atoms with Crippen molar-refractivity contribution in [3.8, 4) is 0 Å². The van der Waals surface area contributed by atoms with Crippen molar-refractivity contribution in [3.63, 3.8) is 0 Å². The quantitative estimate of drug-likeness (QED) is 0.871. The Morgan fingerprint density at radius 1 is 1.39 bits per heavy atom. The Bertz CT molecular complexity index is 519. The molecule has 1 aromatic carbocycles. The van der Waals surface area contributed by atoms with Gasteiger partial charge in [0.15, 0.2) is 0 Å². The van der Waals surface area contributed by atoms with Gasteiger partial charge in [-0.05, 0) is 36.9 Å². The molecule has 2 aromatic rings. The normalized spacial score (nSPS) is 13.4. The molecule has 0 spiro atoms. The second-order valence-electron chi connectivity index (χ2n) is 5.25. The summed E-state index contributed by atoms with van der Waals surface area (Å²) in [4.78, 5) is 7.89. The lowest BCUT2D eigenvalue weighted by molar-refractivity contribution is 0.410. The first-order valence-electron chi connectivity index (χ1n) is 6.43. The van der Waals surface area contributed by atoms with E-state index in [9.17, 15) is 0 Å². The van der Waals surface area contributed by atoms with E-state index in [1.807, 2.05) is 18.2 Å². The number of nitrogens with one attached hydrogen (secondary N) is 1. The van der Waals surface area contributed by atoms with E-state index in [1.165, 1.54) is 0 Å². The smallest absolute Gasteiger partial charge is 0.107 e. The number of hydrogen-bond donors (Lipinski definition) is 2. The molecule has 0 saturated heterocycles. The molecule has 0 bridgehead atoms. The van der Waals surface area contributed by atoms with Gasteiger partial charge in [0.05, 0.1) is 10.5 Å². The van der Waals surface area contributed by atoms with Gasteiger partial charge in [-0.3, -0.25) is 0 Å². The third-order valence-corrected chi connectivity index (χ3v) is 3.44. The zero-order valence-corrected chi connectivity index (χ0v) is 11.7. The van der Waals surface area contributed by atoms with Crippen molar-refractivity contribution in [2.75, 3.05) is 6.54 Å². The van der Waals surface area contributed by atoms with Gasteiger partial charge in [-0.2, -0.15) is 0 Å². The maximum absolute atomic E-state index is 6.12. The van der Waals surface area contributed by atoms with Crippen molar-refractivity contribution in [2.24, 2.45) is 17.6 Å². The highest BCUT2D eigenvalue weighted by atomic mass is 35.5. The highest BCUT2D eigenvalue weighted by Crippen LogP contribution is 2.22. The molecule has 18 heavy (non-hydrogen) atoms. The number of nitrogens with zero attached hydrogens (tertiary/aromatic N) is 1. The molecule has 0 amide bonds. The van der Waals surface area contributed by atoms with Gasteiger partial charge in [0.1, 0.15) is 11.3 Å². The van der Waals surface area contributed by atoms with Gasteiger partial charge < -0.3 is 10.7 Å². The molecule has 0 aliphatic heterocycles. The van der Waals surface area contributed by atoms with Crippen LogP contribution < -0.4 is 5.73 Å². The molecule has 1 atom stereocenters. The molecule has 0 fully saturated rings. The molecule has 3 N–H and O–H groups in total. The Morgan fingerprint density at radius 3 is 2.78 bits per heavy atom. The molecule has 1 aromatic heterocycles. The molecular weight excluding hydrogens is 246 g/mol. The largest absolute Gasteiger partial charge is 0.342 e. The number of imidazole rings is 1. The maximum atomic E-state index is 6.12. The number of aromatic amines is 1. The van der Waals surface area contributed by atoms with Gasteiger partial charge in [0, 0.05) is 6.42 Å². The zero-order chi connectivity index (χ0) is 13.1. The molecule has 0 aliphatic carbocycles. The van der Waals surface area contributed by atoms with Crippen LogP contribution in [-0.4, -0.2) is 16.5 Å². The summed E-state index contributed by atoms with van der Waals surface area (Å²) in [5.41, 5.74) is 7.68. The van der Waals surface area contributed by atoms with E-state index in [2.05, 4.69) is 23.8 Å². The summed E-state index contributed by atoms with van der Waals surface area (Å²) in [6.45, 7) is 5.14. The summed E-state index contributed by atoms with van der Waals surface area (Å²) in [7, 11) is 0. The molecule has 3 nitrogen and oxygen atoms in total. The van der Waals surface area contributed by atoms with Crippen molar-refractivity contribution in [1.82, 2.24) is 9.97 Å². The Kier molecular flexibility index (Phi) is 4.25. The minimum atomic E-state index is 0.476. The third-order valence-electron chi connectivity index (χ3n) is 3.13. The standard InChI is InChI=1S/C14H20ClN3/c1-9(2)6-10(8-16)7-13-17-12-5-3-4-11(15)14(12)18-13/h3-5,9-10H,6-8,16H2,1-2H3,(H,17,18). The molecular formula is C14H20ClN3. The number of para-hydroxylation sites is 1. The predicted molar refractivity (Wildman–Crippen MR) is 76.8 cm³/mol. The van der Waals surface area contributed by atoms with Crippen LogP contribution >= 0.6 is 11.6 Å². The fourth-order valence-electron chi connectivity index (χ4n) is 2.35. The second kappa shape index (κ2) is 5.72. The van der Waals surface area contributed by atoms with Crippen molar-refractivity contribution in [3.05, 3.63) is 29.0 Å². The minimum absolute atomic E-state index is 0.476. The van der Waals surface area contributed by atoms with Crippen LogP contribution in [0.5, 0.6) is 0 Å². The summed E-state index contributed by atoms with van der Waals surface area (Å²) in [5.74, 6) is 2.12. The Balaban J connectivity index is 2.18. The van der Waals surface area contributed by atoms with Crippen LogP contribution in [0.3, 0.4) is 0 Å². The lowest BCUT2D eigenvalue weighted by Gasteiger charge is -2.15. The molecule has 2 rings (SSSR count). The fraction of sp³-hybridized carbons (Fsp3) is 0.500. The lowest BCUT2D eigenvalue weighted by atomic mass is 9.94. The van der Waals surface area contributed by atoms with Crippen molar-refractivity contribution < 1.29 is 0 Å². The summed E-state index contributed by atoms with van der Waals surface area (Å²) >= 11 is 6.12. The topological polar surface area (TPSA) is 54.7 Å². The van der Waals surface area contributed by atoms with Gasteiger partial charge in [-0.25, -0.2) is 4.98 Å². The molecule has 4 heteroatoms. The van der Waals surface area contributed by atoms with E-state index in [-0.39, 0.29) is 0 Å². The minimum Gasteiger partial charge on any atom is -0.342 e. The van der Waals surface area contributed by atoms with E-state index < -0.39 is 0 Å². The number of nitrogens with two attached hydrogens (primary N) is 1. The highest BCUT2D eigenvalue weighted by Gasteiger charge is 2.13. The van der Waals surface area contributed by atoms with Crippen LogP contribution in [0.15, 0.2) is 18.2 Å². The predicted octanol–water partition coefficient (Wildman–Crippen LogP) is 3.38. The molecule has 98 valence electrons.